The molecular formula is C20H25FN3O6+. The molecule has 0 aliphatic heterocycles. The van der Waals surface area contributed by atoms with E-state index in [1.54, 1.807) is 20.0 Å². The fourth-order valence-corrected chi connectivity index (χ4v) is 2.99. The van der Waals surface area contributed by atoms with Crippen LogP contribution in [0.3, 0.4) is 0 Å². The lowest BCUT2D eigenvalue weighted by Crippen LogP contribution is -3.08. The molecule has 2 amide bonds. The molecule has 1 atom stereocenters. The number of esters is 1. The first kappa shape index (κ1) is 22.9. The van der Waals surface area contributed by atoms with Crippen molar-refractivity contribution in [1.29, 1.82) is 0 Å². The smallest absolute Gasteiger partial charge is 0.342 e. The van der Waals surface area contributed by atoms with Crippen LogP contribution in [0, 0.1) is 12.7 Å². The molecule has 0 radical (unpaired) electrons. The molecule has 1 aromatic carbocycles. The van der Waals surface area contributed by atoms with Crippen molar-refractivity contribution >= 4 is 23.7 Å². The number of furan rings is 1. The van der Waals surface area contributed by atoms with Gasteiger partial charge in [-0.3, -0.25) is 14.9 Å². The Labute approximate surface area is 172 Å². The van der Waals surface area contributed by atoms with E-state index in [0.29, 0.717) is 12.1 Å². The number of hydrogen-bond acceptors (Lipinski definition) is 6. The SMILES string of the molecule is CCOC(=O)c1c(C)oc(NC(=O)C[NH+](C)Cc2ccc(OC)c(F)c2)c1C(N)=O. The first-order valence-electron chi connectivity index (χ1n) is 9.21. The van der Waals surface area contributed by atoms with Gasteiger partial charge in [0.1, 0.15) is 23.4 Å². The summed E-state index contributed by atoms with van der Waals surface area (Å²) in [4.78, 5) is 37.1. The fourth-order valence-electron chi connectivity index (χ4n) is 2.99. The van der Waals surface area contributed by atoms with Crippen LogP contribution in [0.4, 0.5) is 10.3 Å². The highest BCUT2D eigenvalue weighted by molar-refractivity contribution is 6.10. The molecule has 1 unspecified atom stereocenters. The minimum atomic E-state index is -0.931. The normalized spacial score (nSPS) is 11.6. The highest BCUT2D eigenvalue weighted by Crippen LogP contribution is 2.27. The molecule has 0 aliphatic rings. The number of ether oxygens (including phenoxy) is 2. The third-order valence-electron chi connectivity index (χ3n) is 4.25. The van der Waals surface area contributed by atoms with Crippen molar-refractivity contribution in [2.24, 2.45) is 5.73 Å². The third-order valence-corrected chi connectivity index (χ3v) is 4.25. The van der Waals surface area contributed by atoms with Crippen molar-refractivity contribution < 1.29 is 37.6 Å². The number of aryl methyl sites for hydroxylation is 1. The topological polar surface area (TPSA) is 125 Å². The number of primary amides is 1. The number of carbonyl (C=O) groups is 3. The van der Waals surface area contributed by atoms with E-state index < -0.39 is 23.6 Å². The molecule has 1 aromatic heterocycles. The number of halogens is 1. The fraction of sp³-hybridized carbons (Fsp3) is 0.350. The van der Waals surface area contributed by atoms with Crippen LogP contribution in [0.15, 0.2) is 22.6 Å². The standard InChI is InChI=1S/C20H24FN3O6/c1-5-29-20(27)16-11(2)30-19(17(16)18(22)26)23-15(25)10-24(3)9-12-6-7-14(28-4)13(21)8-12/h6-8H,5,9-10H2,1-4H3,(H2,22,26)(H,23,25)/p+1. The number of likely N-dealkylation sites (N-methyl/N-ethyl adjacent to an activating group) is 1. The van der Waals surface area contributed by atoms with Crippen molar-refractivity contribution in [2.75, 3.05) is 32.6 Å². The van der Waals surface area contributed by atoms with Gasteiger partial charge in [-0.25, -0.2) is 9.18 Å². The number of quaternary nitrogens is 1. The average molecular weight is 422 g/mol. The van der Waals surface area contributed by atoms with Gasteiger partial charge < -0.3 is 24.5 Å². The van der Waals surface area contributed by atoms with Gasteiger partial charge >= 0.3 is 5.97 Å². The first-order chi connectivity index (χ1) is 14.2. The number of nitrogens with one attached hydrogen (secondary N) is 2. The summed E-state index contributed by atoms with van der Waals surface area (Å²) >= 11 is 0. The lowest BCUT2D eigenvalue weighted by Gasteiger charge is -2.14. The molecule has 1 heterocycles. The molecule has 9 nitrogen and oxygen atoms in total. The summed E-state index contributed by atoms with van der Waals surface area (Å²) in [7, 11) is 3.12. The van der Waals surface area contributed by atoms with Crippen molar-refractivity contribution in [2.45, 2.75) is 20.4 Å². The average Bonchev–Trinajstić information content (AvgIpc) is 2.97. The Morgan fingerprint density at radius 2 is 1.97 bits per heavy atom. The number of nitrogens with two attached hydrogens (primary N) is 1. The van der Waals surface area contributed by atoms with E-state index in [2.05, 4.69) is 5.32 Å². The zero-order chi connectivity index (χ0) is 22.4. The quantitative estimate of drug-likeness (QED) is 0.510. The predicted octanol–water partition coefficient (Wildman–Crippen LogP) is 0.665. The van der Waals surface area contributed by atoms with Gasteiger partial charge in [-0.15, -0.1) is 0 Å². The van der Waals surface area contributed by atoms with Crippen LogP contribution in [-0.4, -0.2) is 45.1 Å². The number of amides is 2. The van der Waals surface area contributed by atoms with Gasteiger partial charge in [0.05, 0.1) is 20.8 Å². The second kappa shape index (κ2) is 9.88. The Balaban J connectivity index is 2.10. The third kappa shape index (κ3) is 5.35. The Hall–Kier alpha value is -3.40. The molecule has 10 heteroatoms. The maximum atomic E-state index is 13.8. The van der Waals surface area contributed by atoms with Crippen molar-refractivity contribution in [3.63, 3.8) is 0 Å². The number of carbonyl (C=O) groups excluding carboxylic acids is 3. The molecule has 0 saturated carbocycles. The van der Waals surface area contributed by atoms with Crippen LogP contribution in [0.25, 0.3) is 0 Å². The number of anilines is 1. The summed E-state index contributed by atoms with van der Waals surface area (Å²) in [5, 5.41) is 2.47. The van der Waals surface area contributed by atoms with Gasteiger partial charge in [-0.05, 0) is 32.0 Å². The molecule has 0 fully saturated rings. The Morgan fingerprint density at radius 3 is 2.53 bits per heavy atom. The summed E-state index contributed by atoms with van der Waals surface area (Å²) < 4.78 is 29.0. The summed E-state index contributed by atoms with van der Waals surface area (Å²) in [5.41, 5.74) is 5.69. The summed E-state index contributed by atoms with van der Waals surface area (Å²) in [5.74, 6) is -2.64. The van der Waals surface area contributed by atoms with E-state index in [-0.39, 0.29) is 41.7 Å². The van der Waals surface area contributed by atoms with Crippen LogP contribution >= 0.6 is 0 Å². The Bertz CT molecular complexity index is 956. The van der Waals surface area contributed by atoms with Crippen molar-refractivity contribution in [3.8, 4) is 5.75 Å². The first-order valence-corrected chi connectivity index (χ1v) is 9.21. The Kier molecular flexibility index (Phi) is 7.54. The second-order valence-electron chi connectivity index (χ2n) is 6.65. The lowest BCUT2D eigenvalue weighted by molar-refractivity contribution is -0.885. The van der Waals surface area contributed by atoms with Crippen LogP contribution in [0.2, 0.25) is 0 Å². The van der Waals surface area contributed by atoms with E-state index in [0.717, 1.165) is 4.90 Å². The van der Waals surface area contributed by atoms with Crippen molar-refractivity contribution in [3.05, 3.63) is 46.5 Å². The number of benzene rings is 1. The molecule has 30 heavy (non-hydrogen) atoms. The minimum absolute atomic E-state index is 0.0136. The summed E-state index contributed by atoms with van der Waals surface area (Å²) in [6.07, 6.45) is 0. The van der Waals surface area contributed by atoms with E-state index in [1.807, 2.05) is 0 Å². The van der Waals surface area contributed by atoms with E-state index in [4.69, 9.17) is 19.6 Å². The van der Waals surface area contributed by atoms with Gasteiger partial charge in [0.15, 0.2) is 18.1 Å². The minimum Gasteiger partial charge on any atom is -0.494 e. The van der Waals surface area contributed by atoms with Crippen LogP contribution in [0.1, 0.15) is 39.0 Å². The highest BCUT2D eigenvalue weighted by Gasteiger charge is 2.29. The number of rotatable bonds is 9. The van der Waals surface area contributed by atoms with Crippen molar-refractivity contribution in [1.82, 2.24) is 0 Å². The highest BCUT2D eigenvalue weighted by atomic mass is 19.1. The van der Waals surface area contributed by atoms with Crippen LogP contribution < -0.4 is 20.7 Å². The van der Waals surface area contributed by atoms with Crippen LogP contribution in [-0.2, 0) is 16.1 Å². The summed E-state index contributed by atoms with van der Waals surface area (Å²) in [6, 6.07) is 4.56. The largest absolute Gasteiger partial charge is 0.494 e. The van der Waals surface area contributed by atoms with E-state index >= 15 is 0 Å². The molecule has 2 rings (SSSR count). The number of methoxy groups -OCH3 is 1. The maximum Gasteiger partial charge on any atom is 0.342 e. The lowest BCUT2D eigenvalue weighted by atomic mass is 10.1. The molecule has 0 bridgehead atoms. The van der Waals surface area contributed by atoms with Gasteiger partial charge in [-0.1, -0.05) is 0 Å². The zero-order valence-electron chi connectivity index (χ0n) is 17.3. The van der Waals surface area contributed by atoms with E-state index in [9.17, 15) is 18.8 Å². The van der Waals surface area contributed by atoms with Gasteiger partial charge in [0.25, 0.3) is 11.8 Å². The molecule has 0 spiro atoms. The van der Waals surface area contributed by atoms with E-state index in [1.165, 1.54) is 26.2 Å². The summed E-state index contributed by atoms with van der Waals surface area (Å²) in [6.45, 7) is 3.53. The zero-order valence-corrected chi connectivity index (χ0v) is 17.3. The maximum absolute atomic E-state index is 13.8. The molecule has 0 saturated heterocycles. The Morgan fingerprint density at radius 1 is 1.27 bits per heavy atom. The molecule has 0 aliphatic carbocycles. The molecular weight excluding hydrogens is 397 g/mol. The second-order valence-corrected chi connectivity index (χ2v) is 6.65. The molecule has 4 N–H and O–H groups in total. The van der Waals surface area contributed by atoms with Crippen LogP contribution in [0.5, 0.6) is 5.75 Å². The monoisotopic (exact) mass is 422 g/mol. The molecule has 162 valence electrons. The molecule has 2 aromatic rings. The van der Waals surface area contributed by atoms with Gasteiger partial charge in [0.2, 0.25) is 5.88 Å². The number of hydrogen-bond donors (Lipinski definition) is 3. The predicted molar refractivity (Wildman–Crippen MR) is 105 cm³/mol. The van der Waals surface area contributed by atoms with Gasteiger partial charge in [0, 0.05) is 5.56 Å². The van der Waals surface area contributed by atoms with Gasteiger partial charge in [-0.2, -0.15) is 0 Å².